The number of para-hydroxylation sites is 1. The Labute approximate surface area is 102 Å². The van der Waals surface area contributed by atoms with E-state index >= 15 is 0 Å². The molecule has 3 rings (SSSR count). The number of benzene rings is 2. The van der Waals surface area contributed by atoms with Gasteiger partial charge in [0.25, 0.3) is 0 Å². The second-order valence-corrected chi connectivity index (χ2v) is 4.56. The summed E-state index contributed by atoms with van der Waals surface area (Å²) in [6.45, 7) is 0.793. The standard InChI is InChI=1S/C16H16O/c1-2-7-15(8-3-1)17-12-14-11-10-13-6-4-5-9-16(13)14/h1-9,14H,10-12H2. The molecule has 86 valence electrons. The molecule has 0 fully saturated rings. The summed E-state index contributed by atoms with van der Waals surface area (Å²) in [6.07, 6.45) is 2.41. The zero-order valence-electron chi connectivity index (χ0n) is 9.80. The number of ether oxygens (including phenoxy) is 1. The molecule has 0 aliphatic heterocycles. The highest BCUT2D eigenvalue weighted by molar-refractivity contribution is 5.35. The van der Waals surface area contributed by atoms with E-state index in [0.29, 0.717) is 5.92 Å². The second kappa shape index (κ2) is 4.62. The van der Waals surface area contributed by atoms with Crippen LogP contribution in [0.1, 0.15) is 23.5 Å². The summed E-state index contributed by atoms with van der Waals surface area (Å²) >= 11 is 0. The van der Waals surface area contributed by atoms with Crippen LogP contribution >= 0.6 is 0 Å². The minimum atomic E-state index is 0.561. The van der Waals surface area contributed by atoms with Gasteiger partial charge < -0.3 is 4.74 Å². The SMILES string of the molecule is c1ccc(OCC2CCc3ccccc32)cc1. The summed E-state index contributed by atoms with van der Waals surface area (Å²) in [5.41, 5.74) is 2.97. The van der Waals surface area contributed by atoms with Crippen molar-refractivity contribution >= 4 is 0 Å². The Bertz CT molecular complexity index is 490. The predicted molar refractivity (Wildman–Crippen MR) is 69.4 cm³/mol. The van der Waals surface area contributed by atoms with Gasteiger partial charge in [0.15, 0.2) is 0 Å². The number of aryl methyl sites for hydroxylation is 1. The molecule has 2 aromatic rings. The van der Waals surface area contributed by atoms with Crippen molar-refractivity contribution in [2.24, 2.45) is 0 Å². The molecule has 0 amide bonds. The highest BCUT2D eigenvalue weighted by Gasteiger charge is 2.22. The van der Waals surface area contributed by atoms with Crippen molar-refractivity contribution in [2.45, 2.75) is 18.8 Å². The summed E-state index contributed by atoms with van der Waals surface area (Å²) in [5.74, 6) is 1.53. The van der Waals surface area contributed by atoms with Gasteiger partial charge in [-0.3, -0.25) is 0 Å². The van der Waals surface area contributed by atoms with Crippen molar-refractivity contribution < 1.29 is 4.74 Å². The molecular weight excluding hydrogens is 208 g/mol. The monoisotopic (exact) mass is 224 g/mol. The molecule has 0 saturated heterocycles. The second-order valence-electron chi connectivity index (χ2n) is 4.56. The molecule has 0 saturated carbocycles. The zero-order valence-corrected chi connectivity index (χ0v) is 9.80. The van der Waals surface area contributed by atoms with E-state index in [1.807, 2.05) is 30.3 Å². The van der Waals surface area contributed by atoms with Crippen molar-refractivity contribution in [3.8, 4) is 5.75 Å². The largest absolute Gasteiger partial charge is 0.493 e. The predicted octanol–water partition coefficient (Wildman–Crippen LogP) is 3.80. The van der Waals surface area contributed by atoms with Gasteiger partial charge in [0.05, 0.1) is 6.61 Å². The first kappa shape index (κ1) is 10.4. The molecule has 0 radical (unpaired) electrons. The summed E-state index contributed by atoms with van der Waals surface area (Å²) in [7, 11) is 0. The molecule has 1 atom stereocenters. The van der Waals surface area contributed by atoms with E-state index in [9.17, 15) is 0 Å². The van der Waals surface area contributed by atoms with Crippen LogP contribution in [0.15, 0.2) is 54.6 Å². The van der Waals surface area contributed by atoms with Crippen LogP contribution in [0.2, 0.25) is 0 Å². The molecule has 1 heteroatoms. The quantitative estimate of drug-likeness (QED) is 0.770. The van der Waals surface area contributed by atoms with Gasteiger partial charge >= 0.3 is 0 Å². The first-order valence-electron chi connectivity index (χ1n) is 6.19. The van der Waals surface area contributed by atoms with Crippen LogP contribution in [-0.2, 0) is 6.42 Å². The van der Waals surface area contributed by atoms with E-state index in [1.54, 1.807) is 0 Å². The van der Waals surface area contributed by atoms with Crippen molar-refractivity contribution in [1.82, 2.24) is 0 Å². The van der Waals surface area contributed by atoms with Crippen LogP contribution in [0, 0.1) is 0 Å². The van der Waals surface area contributed by atoms with E-state index in [2.05, 4.69) is 24.3 Å². The number of fused-ring (bicyclic) bond motifs is 1. The van der Waals surface area contributed by atoms with Crippen molar-refractivity contribution in [1.29, 1.82) is 0 Å². The average Bonchev–Trinajstić information content (AvgIpc) is 2.81. The lowest BCUT2D eigenvalue weighted by molar-refractivity contribution is 0.287. The fourth-order valence-corrected chi connectivity index (χ4v) is 2.53. The first-order chi connectivity index (χ1) is 8.43. The Morgan fingerprint density at radius 3 is 2.59 bits per heavy atom. The van der Waals surface area contributed by atoms with Crippen molar-refractivity contribution in [3.63, 3.8) is 0 Å². The molecule has 2 aromatic carbocycles. The molecule has 0 N–H and O–H groups in total. The highest BCUT2D eigenvalue weighted by Crippen LogP contribution is 2.33. The van der Waals surface area contributed by atoms with Gasteiger partial charge in [0.1, 0.15) is 5.75 Å². The van der Waals surface area contributed by atoms with Crippen LogP contribution in [-0.4, -0.2) is 6.61 Å². The van der Waals surface area contributed by atoms with Crippen LogP contribution in [0.4, 0.5) is 0 Å². The van der Waals surface area contributed by atoms with Gasteiger partial charge in [-0.15, -0.1) is 0 Å². The highest BCUT2D eigenvalue weighted by atomic mass is 16.5. The number of hydrogen-bond acceptors (Lipinski definition) is 1. The summed E-state index contributed by atoms with van der Waals surface area (Å²) in [5, 5.41) is 0. The molecule has 1 unspecified atom stereocenters. The molecule has 1 nitrogen and oxygen atoms in total. The zero-order chi connectivity index (χ0) is 11.5. The third-order valence-electron chi connectivity index (χ3n) is 3.45. The minimum Gasteiger partial charge on any atom is -0.493 e. The van der Waals surface area contributed by atoms with Crippen LogP contribution in [0.3, 0.4) is 0 Å². The summed E-state index contributed by atoms with van der Waals surface area (Å²) in [4.78, 5) is 0. The first-order valence-corrected chi connectivity index (χ1v) is 6.19. The lowest BCUT2D eigenvalue weighted by Gasteiger charge is -2.13. The van der Waals surface area contributed by atoms with Gasteiger partial charge in [0.2, 0.25) is 0 Å². The van der Waals surface area contributed by atoms with E-state index in [4.69, 9.17) is 4.74 Å². The Kier molecular flexibility index (Phi) is 2.83. The average molecular weight is 224 g/mol. The maximum Gasteiger partial charge on any atom is 0.119 e. The van der Waals surface area contributed by atoms with Crippen LogP contribution in [0.5, 0.6) is 5.75 Å². The normalized spacial score (nSPS) is 17.8. The fourth-order valence-electron chi connectivity index (χ4n) is 2.53. The molecule has 1 aliphatic carbocycles. The third-order valence-corrected chi connectivity index (χ3v) is 3.45. The number of hydrogen-bond donors (Lipinski definition) is 0. The van der Waals surface area contributed by atoms with E-state index in [-0.39, 0.29) is 0 Å². The maximum absolute atomic E-state index is 5.85. The van der Waals surface area contributed by atoms with Crippen LogP contribution in [0.25, 0.3) is 0 Å². The van der Waals surface area contributed by atoms with Gasteiger partial charge in [-0.05, 0) is 36.1 Å². The lowest BCUT2D eigenvalue weighted by Crippen LogP contribution is -2.07. The maximum atomic E-state index is 5.85. The van der Waals surface area contributed by atoms with E-state index in [1.165, 1.54) is 24.0 Å². The summed E-state index contributed by atoms with van der Waals surface area (Å²) < 4.78 is 5.85. The van der Waals surface area contributed by atoms with Crippen molar-refractivity contribution in [2.75, 3.05) is 6.61 Å². The Hall–Kier alpha value is -1.76. The number of rotatable bonds is 3. The lowest BCUT2D eigenvalue weighted by atomic mass is 10.0. The third kappa shape index (κ3) is 2.19. The van der Waals surface area contributed by atoms with Gasteiger partial charge in [-0.2, -0.15) is 0 Å². The Morgan fingerprint density at radius 2 is 1.71 bits per heavy atom. The fraction of sp³-hybridized carbons (Fsp3) is 0.250. The molecule has 0 spiro atoms. The molecule has 1 aliphatic rings. The molecule has 0 heterocycles. The smallest absolute Gasteiger partial charge is 0.119 e. The van der Waals surface area contributed by atoms with Crippen LogP contribution < -0.4 is 4.74 Å². The van der Waals surface area contributed by atoms with Gasteiger partial charge in [0, 0.05) is 5.92 Å². The molecule has 0 bridgehead atoms. The van der Waals surface area contributed by atoms with Gasteiger partial charge in [-0.25, -0.2) is 0 Å². The minimum absolute atomic E-state index is 0.561. The Balaban J connectivity index is 1.68. The van der Waals surface area contributed by atoms with Crippen molar-refractivity contribution in [3.05, 3.63) is 65.7 Å². The molecule has 17 heavy (non-hydrogen) atoms. The van der Waals surface area contributed by atoms with E-state index < -0.39 is 0 Å². The summed E-state index contributed by atoms with van der Waals surface area (Å²) in [6, 6.07) is 18.8. The molecular formula is C16H16O. The molecule has 0 aromatic heterocycles. The topological polar surface area (TPSA) is 9.23 Å². The van der Waals surface area contributed by atoms with E-state index in [0.717, 1.165) is 12.4 Å². The van der Waals surface area contributed by atoms with Gasteiger partial charge in [-0.1, -0.05) is 42.5 Å². The Morgan fingerprint density at radius 1 is 0.941 bits per heavy atom.